The van der Waals surface area contributed by atoms with Gasteiger partial charge in [-0.3, -0.25) is 0 Å². The monoisotopic (exact) mass is 293 g/mol. The van der Waals surface area contributed by atoms with Crippen molar-refractivity contribution in [2.75, 3.05) is 0 Å². The zero-order valence-corrected chi connectivity index (χ0v) is 13.1. The molecule has 0 atom stereocenters. The second-order valence-corrected chi connectivity index (χ2v) is 5.63. The maximum Gasteiger partial charge on any atom is 0.354 e. The van der Waals surface area contributed by atoms with Gasteiger partial charge in [0.1, 0.15) is 0 Å². The minimum atomic E-state index is -0.274. The van der Waals surface area contributed by atoms with Crippen molar-refractivity contribution in [3.05, 3.63) is 64.3 Å². The van der Waals surface area contributed by atoms with E-state index in [0.29, 0.717) is 18.0 Å². The van der Waals surface area contributed by atoms with Crippen LogP contribution in [0, 0.1) is 0 Å². The average molecular weight is 293 g/mol. The van der Waals surface area contributed by atoms with Gasteiger partial charge in [-0.05, 0) is 36.6 Å². The highest BCUT2D eigenvalue weighted by atomic mass is 16.1. The highest BCUT2D eigenvalue weighted by Crippen LogP contribution is 2.21. The molecule has 0 unspecified atom stereocenters. The van der Waals surface area contributed by atoms with Crippen molar-refractivity contribution in [2.24, 2.45) is 0 Å². The van der Waals surface area contributed by atoms with Crippen molar-refractivity contribution in [1.29, 1.82) is 0 Å². The summed E-state index contributed by atoms with van der Waals surface area (Å²) >= 11 is 0. The molecule has 0 bridgehead atoms. The van der Waals surface area contributed by atoms with Gasteiger partial charge in [-0.1, -0.05) is 39.0 Å². The minimum Gasteiger partial charge on any atom is -0.245 e. The van der Waals surface area contributed by atoms with Crippen LogP contribution in [0.1, 0.15) is 38.1 Å². The zero-order valence-electron chi connectivity index (χ0n) is 13.1. The van der Waals surface area contributed by atoms with Crippen molar-refractivity contribution in [3.63, 3.8) is 0 Å². The predicted octanol–water partition coefficient (Wildman–Crippen LogP) is 3.47. The summed E-state index contributed by atoms with van der Waals surface area (Å²) in [6.07, 6.45) is 0.712. The lowest BCUT2D eigenvalue weighted by Crippen LogP contribution is -2.24. The molecule has 0 N–H and O–H groups in total. The van der Waals surface area contributed by atoms with E-state index in [1.807, 2.05) is 49.4 Å². The molecule has 3 aromatic rings. The topological polar surface area (TPSA) is 47.8 Å². The van der Waals surface area contributed by atoms with Crippen LogP contribution in [0.3, 0.4) is 0 Å². The molecule has 0 spiro atoms. The third-order valence-electron chi connectivity index (χ3n) is 3.78. The molecule has 0 fully saturated rings. The van der Waals surface area contributed by atoms with Crippen molar-refractivity contribution >= 4 is 11.0 Å². The molecule has 0 saturated heterocycles. The van der Waals surface area contributed by atoms with Gasteiger partial charge in [-0.25, -0.2) is 14.3 Å². The van der Waals surface area contributed by atoms with Gasteiger partial charge in [0.05, 0.1) is 11.4 Å². The number of rotatable bonds is 3. The van der Waals surface area contributed by atoms with Crippen LogP contribution < -0.4 is 5.69 Å². The maximum absolute atomic E-state index is 12.5. The van der Waals surface area contributed by atoms with Crippen molar-refractivity contribution in [2.45, 2.75) is 33.1 Å². The second kappa shape index (κ2) is 5.72. The van der Waals surface area contributed by atoms with Gasteiger partial charge in [0, 0.05) is 11.1 Å². The first-order valence-electron chi connectivity index (χ1n) is 7.59. The first-order chi connectivity index (χ1) is 10.6. The standard InChI is InChI=1S/C18H19N3O/c1-4-15-14-10-11-16(12(2)3)19-17(14)21(18(22)20-15)13-8-6-5-7-9-13/h5-12H,4H2,1-3H3. The van der Waals surface area contributed by atoms with Gasteiger partial charge < -0.3 is 0 Å². The maximum atomic E-state index is 12.5. The van der Waals surface area contributed by atoms with E-state index >= 15 is 0 Å². The average Bonchev–Trinajstić information content (AvgIpc) is 2.54. The highest BCUT2D eigenvalue weighted by Gasteiger charge is 2.13. The van der Waals surface area contributed by atoms with Gasteiger partial charge in [0.15, 0.2) is 5.65 Å². The Bertz CT molecular complexity index is 867. The molecule has 2 aromatic heterocycles. The first kappa shape index (κ1) is 14.4. The Hall–Kier alpha value is -2.49. The van der Waals surface area contributed by atoms with Crippen LogP contribution in [0.15, 0.2) is 47.3 Å². The van der Waals surface area contributed by atoms with Crippen LogP contribution >= 0.6 is 0 Å². The van der Waals surface area contributed by atoms with E-state index < -0.39 is 0 Å². The molecule has 22 heavy (non-hydrogen) atoms. The van der Waals surface area contributed by atoms with Crippen molar-refractivity contribution < 1.29 is 0 Å². The number of benzene rings is 1. The van der Waals surface area contributed by atoms with E-state index in [0.717, 1.165) is 22.5 Å². The summed E-state index contributed by atoms with van der Waals surface area (Å²) in [5, 5.41) is 0.940. The highest BCUT2D eigenvalue weighted by molar-refractivity contribution is 5.79. The molecule has 0 saturated carbocycles. The molecule has 4 nitrogen and oxygen atoms in total. The van der Waals surface area contributed by atoms with Gasteiger partial charge in [-0.15, -0.1) is 0 Å². The lowest BCUT2D eigenvalue weighted by molar-refractivity contribution is 0.815. The Morgan fingerprint density at radius 2 is 1.77 bits per heavy atom. The lowest BCUT2D eigenvalue weighted by Gasteiger charge is -2.13. The van der Waals surface area contributed by atoms with Gasteiger partial charge >= 0.3 is 5.69 Å². The van der Waals surface area contributed by atoms with Crippen LogP contribution in [0.4, 0.5) is 0 Å². The number of hydrogen-bond acceptors (Lipinski definition) is 3. The summed E-state index contributed by atoms with van der Waals surface area (Å²) < 4.78 is 1.60. The number of fused-ring (bicyclic) bond motifs is 1. The number of hydrogen-bond donors (Lipinski definition) is 0. The van der Waals surface area contributed by atoms with Crippen LogP contribution in [0.25, 0.3) is 16.7 Å². The number of pyridine rings is 1. The molecule has 112 valence electrons. The Kier molecular flexibility index (Phi) is 3.75. The number of aryl methyl sites for hydroxylation is 1. The zero-order chi connectivity index (χ0) is 15.7. The summed E-state index contributed by atoms with van der Waals surface area (Å²) in [4.78, 5) is 21.5. The SMILES string of the molecule is CCc1nc(=O)n(-c2ccccc2)c2nc(C(C)C)ccc12. The van der Waals surface area contributed by atoms with E-state index in [1.165, 1.54) is 0 Å². The van der Waals surface area contributed by atoms with Crippen LogP contribution in [0.2, 0.25) is 0 Å². The van der Waals surface area contributed by atoms with Gasteiger partial charge in [0.2, 0.25) is 0 Å². The van der Waals surface area contributed by atoms with Crippen molar-refractivity contribution in [1.82, 2.24) is 14.5 Å². The van der Waals surface area contributed by atoms with Crippen molar-refractivity contribution in [3.8, 4) is 5.69 Å². The van der Waals surface area contributed by atoms with E-state index in [-0.39, 0.29) is 5.69 Å². The Morgan fingerprint density at radius 3 is 2.41 bits per heavy atom. The molecular formula is C18H19N3O. The summed E-state index contributed by atoms with van der Waals surface area (Å²) in [5.41, 5.74) is 2.99. The quantitative estimate of drug-likeness (QED) is 0.743. The predicted molar refractivity (Wildman–Crippen MR) is 88.6 cm³/mol. The molecule has 3 rings (SSSR count). The van der Waals surface area contributed by atoms with E-state index in [4.69, 9.17) is 4.98 Å². The summed E-state index contributed by atoms with van der Waals surface area (Å²) in [7, 11) is 0. The molecule has 2 heterocycles. The fourth-order valence-electron chi connectivity index (χ4n) is 2.58. The number of aromatic nitrogens is 3. The van der Waals surface area contributed by atoms with E-state index in [2.05, 4.69) is 18.8 Å². The first-order valence-corrected chi connectivity index (χ1v) is 7.59. The van der Waals surface area contributed by atoms with E-state index in [1.54, 1.807) is 4.57 Å². The Balaban J connectivity index is 2.42. The van der Waals surface area contributed by atoms with Crippen LogP contribution in [-0.4, -0.2) is 14.5 Å². The smallest absolute Gasteiger partial charge is 0.245 e. The third-order valence-corrected chi connectivity index (χ3v) is 3.78. The van der Waals surface area contributed by atoms with Crippen LogP contribution in [-0.2, 0) is 6.42 Å². The molecule has 0 radical (unpaired) electrons. The molecule has 0 aliphatic rings. The summed E-state index contributed by atoms with van der Waals surface area (Å²) in [6, 6.07) is 13.6. The second-order valence-electron chi connectivity index (χ2n) is 5.63. The normalized spacial score (nSPS) is 11.3. The molecular weight excluding hydrogens is 274 g/mol. The molecule has 1 aromatic carbocycles. The molecule has 0 aliphatic heterocycles. The minimum absolute atomic E-state index is 0.274. The Labute approximate surface area is 129 Å². The van der Waals surface area contributed by atoms with E-state index in [9.17, 15) is 4.79 Å². The fourth-order valence-corrected chi connectivity index (χ4v) is 2.58. The number of para-hydroxylation sites is 1. The lowest BCUT2D eigenvalue weighted by atomic mass is 10.1. The molecule has 0 amide bonds. The largest absolute Gasteiger partial charge is 0.354 e. The molecule has 0 aliphatic carbocycles. The number of nitrogens with zero attached hydrogens (tertiary/aromatic N) is 3. The molecule has 4 heteroatoms. The fraction of sp³-hybridized carbons (Fsp3) is 0.278. The summed E-state index contributed by atoms with van der Waals surface area (Å²) in [5.74, 6) is 0.307. The van der Waals surface area contributed by atoms with Crippen LogP contribution in [0.5, 0.6) is 0 Å². The van der Waals surface area contributed by atoms with Gasteiger partial charge in [0.25, 0.3) is 0 Å². The Morgan fingerprint density at radius 1 is 1.05 bits per heavy atom. The third kappa shape index (κ3) is 2.41. The summed E-state index contributed by atoms with van der Waals surface area (Å²) in [6.45, 7) is 6.20. The van der Waals surface area contributed by atoms with Gasteiger partial charge in [-0.2, -0.15) is 4.98 Å².